The Morgan fingerprint density at radius 1 is 1.26 bits per heavy atom. The number of hydrogen-bond donors (Lipinski definition) is 2. The average molecular weight is 378 g/mol. The van der Waals surface area contributed by atoms with Gasteiger partial charge in [-0.05, 0) is 12.8 Å². The molecule has 2 N–H and O–H groups in total. The van der Waals surface area contributed by atoms with E-state index >= 15 is 0 Å². The minimum Gasteiger partial charge on any atom is -0.457 e. The van der Waals surface area contributed by atoms with Crippen LogP contribution in [0.15, 0.2) is 12.2 Å². The SMILES string of the molecule is C=C(C)[C@@H]1[C@@H](O)C2OC(=O)C34OC5OC(=O)CC51C23[C@@H](O)C1OC[C@@H](C)C14. The molecule has 0 aromatic heterocycles. The third-order valence-electron chi connectivity index (χ3n) is 8.26. The first-order chi connectivity index (χ1) is 12.7. The van der Waals surface area contributed by atoms with Gasteiger partial charge in [-0.3, -0.25) is 4.79 Å². The van der Waals surface area contributed by atoms with E-state index in [1.54, 1.807) is 6.92 Å². The lowest BCUT2D eigenvalue weighted by Gasteiger charge is -2.42. The molecule has 4 saturated heterocycles. The maximum absolute atomic E-state index is 13.2. The number of aliphatic hydroxyl groups is 2. The molecule has 4 aliphatic heterocycles. The van der Waals surface area contributed by atoms with E-state index < -0.39 is 70.9 Å². The Labute approximate surface area is 155 Å². The molecule has 6 rings (SSSR count). The Hall–Kier alpha value is -1.48. The van der Waals surface area contributed by atoms with Gasteiger partial charge < -0.3 is 29.2 Å². The Balaban J connectivity index is 1.70. The highest BCUT2D eigenvalue weighted by molar-refractivity contribution is 5.89. The number of fused-ring (bicyclic) bond motifs is 1. The molecule has 27 heavy (non-hydrogen) atoms. The topological polar surface area (TPSA) is 112 Å². The molecule has 7 unspecified atom stereocenters. The second-order valence-electron chi connectivity index (χ2n) is 9.15. The second-order valence-corrected chi connectivity index (χ2v) is 9.15. The fourth-order valence-corrected chi connectivity index (χ4v) is 7.85. The number of carbonyl (C=O) groups excluding carboxylic acids is 2. The molecule has 2 aliphatic carbocycles. The zero-order chi connectivity index (χ0) is 19.1. The fourth-order valence-electron chi connectivity index (χ4n) is 7.85. The molecule has 11 atom stereocenters. The summed E-state index contributed by atoms with van der Waals surface area (Å²) >= 11 is 0. The van der Waals surface area contributed by atoms with Gasteiger partial charge in [0.05, 0.1) is 42.2 Å². The highest BCUT2D eigenvalue weighted by atomic mass is 16.7. The zero-order valence-corrected chi connectivity index (χ0v) is 15.1. The standard InChI is InChI=1S/C19H22O8/c1-6(2)9-11(21)14-18-13(22)12-10(7(3)5-24-12)19(18,15(23)26-14)27-16-17(9,18)4-8(20)25-16/h7,9-14,16,21-22H,1,4-5H2,2-3H3/t7-,9-,10?,11-,12?,13+,14?,16?,17?,18?,19?/m1/s1. The predicted molar refractivity (Wildman–Crippen MR) is 85.8 cm³/mol. The molecule has 8 heteroatoms. The molecule has 0 bridgehead atoms. The third kappa shape index (κ3) is 1.26. The highest BCUT2D eigenvalue weighted by Gasteiger charge is 2.99. The van der Waals surface area contributed by atoms with E-state index in [1.807, 2.05) is 6.92 Å². The quantitative estimate of drug-likeness (QED) is 0.465. The first-order valence-electron chi connectivity index (χ1n) is 9.46. The summed E-state index contributed by atoms with van der Waals surface area (Å²) in [5.41, 5.74) is -3.27. The van der Waals surface area contributed by atoms with Gasteiger partial charge in [0, 0.05) is 11.8 Å². The third-order valence-corrected chi connectivity index (χ3v) is 8.26. The van der Waals surface area contributed by atoms with E-state index in [0.29, 0.717) is 12.2 Å². The van der Waals surface area contributed by atoms with Crippen LogP contribution in [0.5, 0.6) is 0 Å². The fraction of sp³-hybridized carbons (Fsp3) is 0.789. The van der Waals surface area contributed by atoms with Crippen molar-refractivity contribution in [2.75, 3.05) is 6.61 Å². The average Bonchev–Trinajstić information content (AvgIpc) is 3.31. The van der Waals surface area contributed by atoms with Crippen LogP contribution >= 0.6 is 0 Å². The maximum atomic E-state index is 13.2. The minimum absolute atomic E-state index is 0.0528. The summed E-state index contributed by atoms with van der Waals surface area (Å²) in [6.07, 6.45) is -4.92. The largest absolute Gasteiger partial charge is 0.457 e. The van der Waals surface area contributed by atoms with Gasteiger partial charge in [0.15, 0.2) is 5.60 Å². The van der Waals surface area contributed by atoms with Crippen molar-refractivity contribution in [3.05, 3.63) is 12.2 Å². The van der Waals surface area contributed by atoms with Gasteiger partial charge in [0.25, 0.3) is 0 Å². The van der Waals surface area contributed by atoms with Gasteiger partial charge in [0.1, 0.15) is 6.10 Å². The minimum atomic E-state index is -1.49. The molecule has 0 radical (unpaired) electrons. The van der Waals surface area contributed by atoms with Crippen molar-refractivity contribution in [3.63, 3.8) is 0 Å². The van der Waals surface area contributed by atoms with Gasteiger partial charge in [0.2, 0.25) is 6.29 Å². The van der Waals surface area contributed by atoms with Crippen molar-refractivity contribution < 1.29 is 38.7 Å². The number of ether oxygens (including phenoxy) is 4. The van der Waals surface area contributed by atoms with Gasteiger partial charge in [-0.1, -0.05) is 19.1 Å². The molecule has 2 spiro atoms. The van der Waals surface area contributed by atoms with E-state index in [1.165, 1.54) is 0 Å². The molecule has 2 saturated carbocycles. The summed E-state index contributed by atoms with van der Waals surface area (Å²) in [6.45, 7) is 8.13. The Kier molecular flexibility index (Phi) is 2.68. The van der Waals surface area contributed by atoms with Crippen molar-refractivity contribution in [1.29, 1.82) is 0 Å². The lowest BCUT2D eigenvalue weighted by Crippen LogP contribution is -2.58. The normalized spacial score (nSPS) is 62.1. The van der Waals surface area contributed by atoms with Crippen molar-refractivity contribution >= 4 is 11.9 Å². The predicted octanol–water partition coefficient (Wildman–Crippen LogP) is -0.481. The highest BCUT2D eigenvalue weighted by Crippen LogP contribution is 2.83. The van der Waals surface area contributed by atoms with E-state index in [4.69, 9.17) is 18.9 Å². The molecule has 4 heterocycles. The van der Waals surface area contributed by atoms with Crippen LogP contribution in [0.4, 0.5) is 0 Å². The van der Waals surface area contributed by atoms with Gasteiger partial charge in [-0.25, -0.2) is 4.79 Å². The van der Waals surface area contributed by atoms with Crippen LogP contribution in [0.1, 0.15) is 20.3 Å². The van der Waals surface area contributed by atoms with Gasteiger partial charge in [-0.15, -0.1) is 0 Å². The van der Waals surface area contributed by atoms with Crippen LogP contribution in [-0.2, 0) is 28.5 Å². The van der Waals surface area contributed by atoms with Crippen molar-refractivity contribution in [1.82, 2.24) is 0 Å². The second kappa shape index (κ2) is 4.40. The first-order valence-corrected chi connectivity index (χ1v) is 9.46. The van der Waals surface area contributed by atoms with Gasteiger partial charge >= 0.3 is 11.9 Å². The Morgan fingerprint density at radius 3 is 2.70 bits per heavy atom. The van der Waals surface area contributed by atoms with E-state index in [-0.39, 0.29) is 12.3 Å². The summed E-state index contributed by atoms with van der Waals surface area (Å²) < 4.78 is 23.4. The van der Waals surface area contributed by atoms with Crippen LogP contribution in [-0.4, -0.2) is 65.1 Å². The molecule has 0 aromatic rings. The number of carbonyl (C=O) groups is 2. The number of rotatable bonds is 1. The van der Waals surface area contributed by atoms with Gasteiger partial charge in [-0.2, -0.15) is 0 Å². The Bertz CT molecular complexity index is 810. The zero-order valence-electron chi connectivity index (χ0n) is 15.1. The van der Waals surface area contributed by atoms with Crippen molar-refractivity contribution in [2.45, 2.75) is 56.6 Å². The monoisotopic (exact) mass is 378 g/mol. The smallest absolute Gasteiger partial charge is 0.340 e. The van der Waals surface area contributed by atoms with E-state index in [0.717, 1.165) is 0 Å². The molecule has 6 fully saturated rings. The van der Waals surface area contributed by atoms with E-state index in [9.17, 15) is 19.8 Å². The molecule has 8 nitrogen and oxygen atoms in total. The Morgan fingerprint density at radius 2 is 2.00 bits per heavy atom. The molecule has 6 aliphatic rings. The summed E-state index contributed by atoms with van der Waals surface area (Å²) in [5.74, 6) is -2.15. The summed E-state index contributed by atoms with van der Waals surface area (Å²) in [6, 6.07) is 0. The van der Waals surface area contributed by atoms with E-state index in [2.05, 4.69) is 6.58 Å². The molecule has 0 aromatic carbocycles. The first kappa shape index (κ1) is 16.5. The van der Waals surface area contributed by atoms with Crippen LogP contribution < -0.4 is 0 Å². The molecule has 0 amide bonds. The molecular weight excluding hydrogens is 356 g/mol. The van der Waals surface area contributed by atoms with Crippen molar-refractivity contribution in [2.24, 2.45) is 28.6 Å². The molecular formula is C19H22O8. The summed E-state index contributed by atoms with van der Waals surface area (Å²) in [7, 11) is 0. The van der Waals surface area contributed by atoms with Crippen LogP contribution in [0, 0.1) is 28.6 Å². The van der Waals surface area contributed by atoms with Crippen molar-refractivity contribution in [3.8, 4) is 0 Å². The summed E-state index contributed by atoms with van der Waals surface area (Å²) in [5, 5.41) is 22.7. The number of esters is 2. The lowest BCUT2D eigenvalue weighted by atomic mass is 9.54. The maximum Gasteiger partial charge on any atom is 0.340 e. The van der Waals surface area contributed by atoms with Crippen LogP contribution in [0.25, 0.3) is 0 Å². The number of hydrogen-bond acceptors (Lipinski definition) is 8. The van der Waals surface area contributed by atoms with Crippen LogP contribution in [0.3, 0.4) is 0 Å². The lowest BCUT2D eigenvalue weighted by molar-refractivity contribution is -0.205. The van der Waals surface area contributed by atoms with Crippen LogP contribution in [0.2, 0.25) is 0 Å². The molecule has 146 valence electrons. The number of aliphatic hydroxyl groups excluding tert-OH is 2. The summed E-state index contributed by atoms with van der Waals surface area (Å²) in [4.78, 5) is 25.6.